The average Bonchev–Trinajstić information content (AvgIpc) is 3.55. The van der Waals surface area contributed by atoms with Gasteiger partial charge in [-0.3, -0.25) is 10.2 Å². The van der Waals surface area contributed by atoms with E-state index < -0.39 is 6.36 Å². The maximum atomic E-state index is 12.8. The molecule has 0 atom stereocenters. The van der Waals surface area contributed by atoms with Gasteiger partial charge >= 0.3 is 6.36 Å². The number of nitrogens with zero attached hydrogens (tertiary/aromatic N) is 6. The zero-order valence-corrected chi connectivity index (χ0v) is 26.7. The van der Waals surface area contributed by atoms with Crippen molar-refractivity contribution in [3.05, 3.63) is 83.7 Å². The van der Waals surface area contributed by atoms with E-state index in [-0.39, 0.29) is 17.4 Å². The first-order chi connectivity index (χ1) is 22.6. The molecule has 11 nitrogen and oxygen atoms in total. The molecule has 1 aliphatic heterocycles. The number of ether oxygens (including phenoxy) is 2. The minimum atomic E-state index is -4.76. The summed E-state index contributed by atoms with van der Waals surface area (Å²) in [5.74, 6) is 1.12. The molecule has 47 heavy (non-hydrogen) atoms. The average molecular weight is 667 g/mol. The van der Waals surface area contributed by atoms with Gasteiger partial charge in [0, 0.05) is 31.7 Å². The third kappa shape index (κ3) is 9.33. The molecule has 2 heterocycles. The SMILES string of the molecule is COc1cc(C)c(/N=C(/N/N=C/c2ccc(-c3ncn(-c4ccc(OC(F)(F)F)cc4)n3)cc2)SCC(=O)N2CCNCC2)c(C)c1. The van der Waals surface area contributed by atoms with Gasteiger partial charge in [0.15, 0.2) is 11.0 Å². The zero-order valence-electron chi connectivity index (χ0n) is 25.9. The number of rotatable bonds is 9. The number of benzene rings is 3. The minimum Gasteiger partial charge on any atom is -0.497 e. The summed E-state index contributed by atoms with van der Waals surface area (Å²) in [4.78, 5) is 23.8. The first-order valence-corrected chi connectivity index (χ1v) is 15.6. The fourth-order valence-electron chi connectivity index (χ4n) is 4.74. The highest BCUT2D eigenvalue weighted by molar-refractivity contribution is 8.14. The summed E-state index contributed by atoms with van der Waals surface area (Å²) in [6.07, 6.45) is -1.64. The fourth-order valence-corrected chi connectivity index (χ4v) is 5.45. The molecule has 1 amide bonds. The van der Waals surface area contributed by atoms with Crippen LogP contribution in [0.2, 0.25) is 0 Å². The number of hydrazone groups is 1. The number of amides is 1. The molecular formula is C32H33F3N8O3S. The number of methoxy groups -OCH3 is 1. The van der Waals surface area contributed by atoms with Crippen molar-refractivity contribution in [1.82, 2.24) is 30.4 Å². The maximum absolute atomic E-state index is 12.8. The second-order valence-electron chi connectivity index (χ2n) is 10.5. The summed E-state index contributed by atoms with van der Waals surface area (Å²) in [5.41, 5.74) is 7.69. The Morgan fingerprint density at radius 2 is 1.72 bits per heavy atom. The van der Waals surface area contributed by atoms with Crippen LogP contribution in [0.15, 0.2) is 77.1 Å². The molecule has 246 valence electrons. The largest absolute Gasteiger partial charge is 0.573 e. The van der Waals surface area contributed by atoms with Crippen LogP contribution in [0.1, 0.15) is 16.7 Å². The lowest BCUT2D eigenvalue weighted by molar-refractivity contribution is -0.274. The highest BCUT2D eigenvalue weighted by Crippen LogP contribution is 2.30. The Balaban J connectivity index is 1.26. The third-order valence-corrected chi connectivity index (χ3v) is 7.93. The van der Waals surface area contributed by atoms with Gasteiger partial charge in [-0.05, 0) is 66.9 Å². The normalized spacial score (nSPS) is 14.0. The van der Waals surface area contributed by atoms with Crippen molar-refractivity contribution in [2.45, 2.75) is 20.2 Å². The monoisotopic (exact) mass is 666 g/mol. The molecule has 0 saturated carbocycles. The Hall–Kier alpha value is -4.89. The van der Waals surface area contributed by atoms with Crippen molar-refractivity contribution < 1.29 is 27.4 Å². The fraction of sp³-hybridized carbons (Fsp3) is 0.281. The molecule has 2 N–H and O–H groups in total. The second kappa shape index (κ2) is 15.1. The standard InChI is InChI=1S/C32H33F3N8O3S/c1-21-16-27(45-3)17-22(2)29(21)39-31(47-19-28(44)42-14-12-36-13-15-42)40-38-18-23-4-6-24(7-5-23)30-37-20-43(41-30)25-8-10-26(11-9-25)46-32(33,34)35/h4-11,16-18,20,36H,12-15,19H2,1-3H3,(H,39,40)/b38-18+. The number of aryl methyl sites for hydroxylation is 2. The number of piperazine rings is 1. The van der Waals surface area contributed by atoms with Crippen LogP contribution in [0.3, 0.4) is 0 Å². The number of thioether (sulfide) groups is 1. The van der Waals surface area contributed by atoms with Crippen molar-refractivity contribution in [2.24, 2.45) is 10.1 Å². The number of amidine groups is 1. The highest BCUT2D eigenvalue weighted by atomic mass is 32.2. The zero-order chi connectivity index (χ0) is 33.4. The van der Waals surface area contributed by atoms with E-state index in [1.165, 1.54) is 47.0 Å². The number of halogens is 3. The number of hydrogen-bond acceptors (Lipinski definition) is 9. The molecule has 0 unspecified atom stereocenters. The van der Waals surface area contributed by atoms with Crippen LogP contribution in [0.4, 0.5) is 18.9 Å². The number of aromatic nitrogens is 3. The van der Waals surface area contributed by atoms with Crippen LogP contribution in [0, 0.1) is 13.8 Å². The molecule has 5 rings (SSSR count). The van der Waals surface area contributed by atoms with Crippen molar-refractivity contribution >= 4 is 34.7 Å². The predicted molar refractivity (Wildman–Crippen MR) is 176 cm³/mol. The first kappa shape index (κ1) is 33.5. The Labute approximate surface area is 273 Å². The van der Waals surface area contributed by atoms with Crippen LogP contribution < -0.4 is 20.2 Å². The van der Waals surface area contributed by atoms with E-state index in [1.54, 1.807) is 13.3 Å². The molecule has 1 fully saturated rings. The van der Waals surface area contributed by atoms with E-state index in [2.05, 4.69) is 30.7 Å². The summed E-state index contributed by atoms with van der Waals surface area (Å²) < 4.78 is 48.1. The molecule has 1 aliphatic rings. The van der Waals surface area contributed by atoms with Crippen LogP contribution >= 0.6 is 11.8 Å². The van der Waals surface area contributed by atoms with Gasteiger partial charge in [-0.2, -0.15) is 5.10 Å². The Bertz CT molecular complexity index is 1710. The van der Waals surface area contributed by atoms with E-state index in [0.29, 0.717) is 29.8 Å². The van der Waals surface area contributed by atoms with Crippen LogP contribution in [-0.4, -0.2) is 82.4 Å². The van der Waals surface area contributed by atoms with Crippen LogP contribution in [-0.2, 0) is 4.79 Å². The topological polar surface area (TPSA) is 118 Å². The minimum absolute atomic E-state index is 0.0391. The Kier molecular flexibility index (Phi) is 10.8. The molecule has 3 aromatic carbocycles. The summed E-state index contributed by atoms with van der Waals surface area (Å²) >= 11 is 1.29. The number of carbonyl (C=O) groups is 1. The molecular weight excluding hydrogens is 633 g/mol. The summed E-state index contributed by atoms with van der Waals surface area (Å²) in [6, 6.07) is 16.5. The molecule has 15 heteroatoms. The lowest BCUT2D eigenvalue weighted by Gasteiger charge is -2.27. The van der Waals surface area contributed by atoms with Gasteiger partial charge in [-0.1, -0.05) is 36.0 Å². The van der Waals surface area contributed by atoms with E-state index in [9.17, 15) is 18.0 Å². The van der Waals surface area contributed by atoms with E-state index in [1.807, 2.05) is 55.1 Å². The van der Waals surface area contributed by atoms with Gasteiger partial charge in [-0.25, -0.2) is 14.7 Å². The Morgan fingerprint density at radius 1 is 1.04 bits per heavy atom. The van der Waals surface area contributed by atoms with Gasteiger partial charge in [0.1, 0.15) is 17.8 Å². The first-order valence-electron chi connectivity index (χ1n) is 14.6. The molecule has 0 aliphatic carbocycles. The van der Waals surface area contributed by atoms with Crippen molar-refractivity contribution in [3.63, 3.8) is 0 Å². The van der Waals surface area contributed by atoms with Crippen molar-refractivity contribution in [1.29, 1.82) is 0 Å². The van der Waals surface area contributed by atoms with E-state index in [4.69, 9.17) is 9.73 Å². The summed E-state index contributed by atoms with van der Waals surface area (Å²) in [6.45, 7) is 6.81. The Morgan fingerprint density at radius 3 is 2.36 bits per heavy atom. The lowest BCUT2D eigenvalue weighted by Crippen LogP contribution is -2.47. The molecule has 4 aromatic rings. The predicted octanol–water partition coefficient (Wildman–Crippen LogP) is 5.23. The number of alkyl halides is 3. The van der Waals surface area contributed by atoms with E-state index in [0.717, 1.165) is 46.8 Å². The third-order valence-electron chi connectivity index (χ3n) is 7.09. The van der Waals surface area contributed by atoms with Crippen molar-refractivity contribution in [2.75, 3.05) is 39.0 Å². The van der Waals surface area contributed by atoms with Crippen LogP contribution in [0.5, 0.6) is 11.5 Å². The van der Waals surface area contributed by atoms with Crippen LogP contribution in [0.25, 0.3) is 17.1 Å². The summed E-state index contributed by atoms with van der Waals surface area (Å²) in [5, 5.41) is 12.6. The molecule has 0 radical (unpaired) electrons. The van der Waals surface area contributed by atoms with Gasteiger partial charge < -0.3 is 19.7 Å². The molecule has 1 aromatic heterocycles. The van der Waals surface area contributed by atoms with E-state index >= 15 is 0 Å². The summed E-state index contributed by atoms with van der Waals surface area (Å²) in [7, 11) is 1.62. The molecule has 0 spiro atoms. The quantitative estimate of drug-likeness (QED) is 0.142. The van der Waals surface area contributed by atoms with Crippen molar-refractivity contribution in [3.8, 4) is 28.6 Å². The van der Waals surface area contributed by atoms with Gasteiger partial charge in [0.05, 0.1) is 30.5 Å². The molecule has 1 saturated heterocycles. The second-order valence-corrected chi connectivity index (χ2v) is 11.5. The van der Waals surface area contributed by atoms with Gasteiger partial charge in [-0.15, -0.1) is 18.3 Å². The number of nitrogens with one attached hydrogen (secondary N) is 2. The maximum Gasteiger partial charge on any atom is 0.573 e. The number of carbonyl (C=O) groups excluding carboxylic acids is 1. The lowest BCUT2D eigenvalue weighted by atomic mass is 10.1. The smallest absolute Gasteiger partial charge is 0.497 e. The number of hydrogen-bond donors (Lipinski definition) is 2. The molecule has 0 bridgehead atoms. The number of aliphatic imine (C=N–C) groups is 1. The van der Waals surface area contributed by atoms with Gasteiger partial charge in [0.2, 0.25) is 5.91 Å². The highest BCUT2D eigenvalue weighted by Gasteiger charge is 2.31. The van der Waals surface area contributed by atoms with Gasteiger partial charge in [0.25, 0.3) is 0 Å².